The number of hydrogen-bond acceptors (Lipinski definition) is 1. The van der Waals surface area contributed by atoms with Gasteiger partial charge in [0.2, 0.25) is 0 Å². The third-order valence-corrected chi connectivity index (χ3v) is 11.0. The maximum atomic E-state index is 14.7. The van der Waals surface area contributed by atoms with Gasteiger partial charge in [-0.3, -0.25) is 0 Å². The molecule has 3 nitrogen and oxygen atoms in total. The molecule has 0 bridgehead atoms. The standard InChI is InChI=1S/C51H32F3N3/c1-32-24-38(28-39(25-32)51(52,53)54)50-48(56-44-18-10-8-16-40(44)42-29-36(20-22-46(42)56)34-12-4-2-5-13-34)26-33(31-55)27-49(50)57-45-19-11-9-17-41(45)43-30-37(21-23-47(43)57)35-14-6-3-7-15-35/h2-30H,1H3. The first-order chi connectivity index (χ1) is 27.8. The number of para-hydroxylation sites is 2. The summed E-state index contributed by atoms with van der Waals surface area (Å²) in [7, 11) is 0. The Balaban J connectivity index is 1.35. The molecule has 0 atom stereocenters. The van der Waals surface area contributed by atoms with Crippen LogP contribution in [0.4, 0.5) is 13.2 Å². The topological polar surface area (TPSA) is 33.6 Å². The van der Waals surface area contributed by atoms with Gasteiger partial charge >= 0.3 is 6.18 Å². The van der Waals surface area contributed by atoms with E-state index < -0.39 is 11.7 Å². The van der Waals surface area contributed by atoms with Gasteiger partial charge in [-0.1, -0.05) is 115 Å². The van der Waals surface area contributed by atoms with E-state index in [1.165, 1.54) is 12.1 Å². The van der Waals surface area contributed by atoms with E-state index in [-0.39, 0.29) is 0 Å². The minimum absolute atomic E-state index is 0.381. The monoisotopic (exact) mass is 743 g/mol. The Bertz CT molecular complexity index is 3060. The van der Waals surface area contributed by atoms with Gasteiger partial charge in [-0.25, -0.2) is 0 Å². The molecule has 8 aromatic carbocycles. The first-order valence-electron chi connectivity index (χ1n) is 18.7. The molecule has 272 valence electrons. The zero-order valence-electron chi connectivity index (χ0n) is 30.7. The number of aryl methyl sites for hydroxylation is 1. The van der Waals surface area contributed by atoms with Crippen LogP contribution in [0.1, 0.15) is 16.7 Å². The summed E-state index contributed by atoms with van der Waals surface area (Å²) in [4.78, 5) is 0. The summed E-state index contributed by atoms with van der Waals surface area (Å²) in [5.74, 6) is 0. The Morgan fingerprint density at radius 3 is 1.37 bits per heavy atom. The number of rotatable bonds is 5. The third kappa shape index (κ3) is 5.67. The summed E-state index contributed by atoms with van der Waals surface area (Å²) in [5, 5.41) is 14.7. The highest BCUT2D eigenvalue weighted by Gasteiger charge is 2.32. The van der Waals surface area contributed by atoms with Gasteiger partial charge in [-0.15, -0.1) is 0 Å². The van der Waals surface area contributed by atoms with Gasteiger partial charge in [0.25, 0.3) is 0 Å². The first kappa shape index (κ1) is 34.2. The van der Waals surface area contributed by atoms with Crippen LogP contribution in [-0.2, 0) is 6.18 Å². The average Bonchev–Trinajstić information content (AvgIpc) is 3.75. The normalized spacial score (nSPS) is 11.8. The number of hydrogen-bond donors (Lipinski definition) is 0. The molecule has 2 aromatic heterocycles. The smallest absolute Gasteiger partial charge is 0.308 e. The Hall–Kier alpha value is -7.36. The van der Waals surface area contributed by atoms with Crippen molar-refractivity contribution in [3.63, 3.8) is 0 Å². The zero-order chi connectivity index (χ0) is 38.8. The second kappa shape index (κ2) is 13.1. The van der Waals surface area contributed by atoms with E-state index in [4.69, 9.17) is 0 Å². The van der Waals surface area contributed by atoms with Crippen LogP contribution in [0.2, 0.25) is 0 Å². The van der Waals surface area contributed by atoms with Crippen molar-refractivity contribution in [1.29, 1.82) is 5.26 Å². The van der Waals surface area contributed by atoms with Crippen molar-refractivity contribution in [2.24, 2.45) is 0 Å². The van der Waals surface area contributed by atoms with E-state index in [0.29, 0.717) is 33.6 Å². The van der Waals surface area contributed by atoms with Gasteiger partial charge in [-0.2, -0.15) is 18.4 Å². The van der Waals surface area contributed by atoms with E-state index in [1.54, 1.807) is 6.92 Å². The van der Waals surface area contributed by atoms with Crippen molar-refractivity contribution >= 4 is 43.6 Å². The fourth-order valence-electron chi connectivity index (χ4n) is 8.50. The SMILES string of the molecule is Cc1cc(-c2c(-n3c4ccccc4c4cc(-c5ccccc5)ccc43)cc(C#N)cc2-n2c3ccccc3c3cc(-c4ccccc4)ccc32)cc(C(F)(F)F)c1. The van der Waals surface area contributed by atoms with Gasteiger partial charge in [0.1, 0.15) is 0 Å². The molecule has 6 heteroatoms. The molecule has 0 radical (unpaired) electrons. The van der Waals surface area contributed by atoms with Gasteiger partial charge in [0, 0.05) is 27.1 Å². The fourth-order valence-corrected chi connectivity index (χ4v) is 8.50. The number of halogens is 3. The quantitative estimate of drug-likeness (QED) is 0.173. The van der Waals surface area contributed by atoms with Crippen LogP contribution in [0.25, 0.3) is 88.4 Å². The van der Waals surface area contributed by atoms with E-state index in [0.717, 1.165) is 65.9 Å². The Morgan fingerprint density at radius 1 is 0.439 bits per heavy atom. The number of aromatic nitrogens is 2. The van der Waals surface area contributed by atoms with Gasteiger partial charge in [0.15, 0.2) is 0 Å². The number of nitriles is 1. The molecule has 0 saturated heterocycles. The maximum Gasteiger partial charge on any atom is 0.416 e. The van der Waals surface area contributed by atoms with Crippen LogP contribution in [-0.4, -0.2) is 9.13 Å². The molecule has 0 aliphatic carbocycles. The van der Waals surface area contributed by atoms with Crippen molar-refractivity contribution in [1.82, 2.24) is 9.13 Å². The lowest BCUT2D eigenvalue weighted by molar-refractivity contribution is -0.137. The highest BCUT2D eigenvalue weighted by atomic mass is 19.4. The van der Waals surface area contributed by atoms with Crippen molar-refractivity contribution in [3.05, 3.63) is 193 Å². The number of alkyl halides is 3. The van der Waals surface area contributed by atoms with Crippen molar-refractivity contribution in [2.45, 2.75) is 13.1 Å². The largest absolute Gasteiger partial charge is 0.416 e. The lowest BCUT2D eigenvalue weighted by Gasteiger charge is -2.22. The van der Waals surface area contributed by atoms with Crippen LogP contribution in [0.3, 0.4) is 0 Å². The highest BCUT2D eigenvalue weighted by Crippen LogP contribution is 2.45. The van der Waals surface area contributed by atoms with E-state index in [2.05, 4.69) is 88.0 Å². The first-order valence-corrected chi connectivity index (χ1v) is 18.7. The summed E-state index contributed by atoms with van der Waals surface area (Å²) >= 11 is 0. The van der Waals surface area contributed by atoms with Crippen molar-refractivity contribution in [2.75, 3.05) is 0 Å². The highest BCUT2D eigenvalue weighted by molar-refractivity contribution is 6.13. The molecule has 2 heterocycles. The molecule has 0 aliphatic heterocycles. The molecule has 0 unspecified atom stereocenters. The lowest BCUT2D eigenvalue weighted by Crippen LogP contribution is -2.08. The summed E-state index contributed by atoms with van der Waals surface area (Å²) in [6.07, 6.45) is -4.57. The molecule has 0 spiro atoms. The van der Waals surface area contributed by atoms with Gasteiger partial charge in [-0.05, 0) is 101 Å². The van der Waals surface area contributed by atoms with Crippen LogP contribution in [0.15, 0.2) is 176 Å². The molecule has 0 amide bonds. The van der Waals surface area contributed by atoms with Gasteiger partial charge < -0.3 is 9.13 Å². The molecule has 0 saturated carbocycles. The van der Waals surface area contributed by atoms with Gasteiger partial charge in [0.05, 0.1) is 50.6 Å². The Morgan fingerprint density at radius 2 is 0.895 bits per heavy atom. The third-order valence-electron chi connectivity index (χ3n) is 11.0. The Labute approximate surface area is 326 Å². The number of fused-ring (bicyclic) bond motifs is 6. The summed E-state index contributed by atoms with van der Waals surface area (Å²) < 4.78 is 48.2. The number of nitrogens with zero attached hydrogens (tertiary/aromatic N) is 3. The molecular weight excluding hydrogens is 712 g/mol. The van der Waals surface area contributed by atoms with E-state index in [1.807, 2.05) is 91.0 Å². The molecule has 0 fully saturated rings. The number of benzene rings is 8. The zero-order valence-corrected chi connectivity index (χ0v) is 30.7. The van der Waals surface area contributed by atoms with Crippen LogP contribution < -0.4 is 0 Å². The second-order valence-corrected chi connectivity index (χ2v) is 14.5. The van der Waals surface area contributed by atoms with Crippen LogP contribution in [0.5, 0.6) is 0 Å². The molecule has 0 aliphatic rings. The molecular formula is C51H32F3N3. The summed E-state index contributed by atoms with van der Waals surface area (Å²) in [5.41, 5.74) is 10.0. The second-order valence-electron chi connectivity index (χ2n) is 14.5. The van der Waals surface area contributed by atoms with Crippen LogP contribution in [0, 0.1) is 18.3 Å². The molecule has 10 rings (SSSR count). The minimum atomic E-state index is -4.57. The van der Waals surface area contributed by atoms with E-state index in [9.17, 15) is 18.4 Å². The average molecular weight is 744 g/mol. The maximum absolute atomic E-state index is 14.7. The Kier molecular flexibility index (Phi) is 7.88. The van der Waals surface area contributed by atoms with E-state index >= 15 is 0 Å². The molecule has 0 N–H and O–H groups in total. The summed E-state index contributed by atoms with van der Waals surface area (Å²) in [6, 6.07) is 59.4. The minimum Gasteiger partial charge on any atom is -0.308 e. The lowest BCUT2D eigenvalue weighted by atomic mass is 9.95. The van der Waals surface area contributed by atoms with Crippen LogP contribution >= 0.6 is 0 Å². The molecule has 10 aromatic rings. The fraction of sp³-hybridized carbons (Fsp3) is 0.0392. The van der Waals surface area contributed by atoms with Crippen molar-refractivity contribution < 1.29 is 13.2 Å². The summed E-state index contributed by atoms with van der Waals surface area (Å²) in [6.45, 7) is 1.69. The van der Waals surface area contributed by atoms with Crippen molar-refractivity contribution in [3.8, 4) is 50.8 Å². The predicted molar refractivity (Wildman–Crippen MR) is 226 cm³/mol. The predicted octanol–water partition coefficient (Wildman–Crippen LogP) is 14.1. The molecule has 57 heavy (non-hydrogen) atoms.